The molecule has 2 rings (SSSR count). The molecule has 7 heteroatoms. The second-order valence-electron chi connectivity index (χ2n) is 12.8. The summed E-state index contributed by atoms with van der Waals surface area (Å²) in [6, 6.07) is 13.4. The Balaban J connectivity index is 2.66. The van der Waals surface area contributed by atoms with Gasteiger partial charge in [0.15, 0.2) is 0 Å². The highest BCUT2D eigenvalue weighted by Crippen LogP contribution is 2.31. The van der Waals surface area contributed by atoms with Gasteiger partial charge in [-0.25, -0.2) is 4.79 Å². The van der Waals surface area contributed by atoms with E-state index in [2.05, 4.69) is 31.4 Å². The number of rotatable bonds is 14. The van der Waals surface area contributed by atoms with Crippen LogP contribution in [0.15, 0.2) is 48.5 Å². The Labute approximate surface area is 253 Å². The lowest BCUT2D eigenvalue weighted by Gasteiger charge is -2.39. The summed E-state index contributed by atoms with van der Waals surface area (Å²) in [4.78, 5) is 43.6. The Kier molecular flexibility index (Phi) is 13.5. The molecule has 0 aliphatic carbocycles. The molecule has 232 valence electrons. The molecular weight excluding hydrogens is 526 g/mol. The highest BCUT2D eigenvalue weighted by molar-refractivity contribution is 5.92. The average molecular weight is 580 g/mol. The predicted molar refractivity (Wildman–Crippen MR) is 170 cm³/mol. The molecule has 0 aliphatic rings. The molecule has 0 aromatic heterocycles. The van der Waals surface area contributed by atoms with Gasteiger partial charge in [-0.3, -0.25) is 9.59 Å². The summed E-state index contributed by atoms with van der Waals surface area (Å²) in [5.41, 5.74) is 2.99. The molecular formula is C35H53N3O4. The van der Waals surface area contributed by atoms with E-state index < -0.39 is 23.8 Å². The normalized spacial score (nSPS) is 13.7. The van der Waals surface area contributed by atoms with Gasteiger partial charge in [0.2, 0.25) is 11.8 Å². The number of ether oxygens (including phenoxy) is 1. The standard InChI is InChI=1S/C35H53N3O4/c1-10-11-22-36-32(39)31(29-19-15-16-25(4)27(29)6)38(26(5)21-20-24(2)3)33(40)30(23-28-17-13-12-14-18-28)37-34(41)42-35(7,8)9/h12-19,24,26,30-31H,10-11,20-23H2,1-9H3,(H,36,39)(H,37,41). The molecule has 0 radical (unpaired) electrons. The molecule has 0 spiro atoms. The second kappa shape index (κ2) is 16.3. The Morgan fingerprint density at radius 1 is 0.929 bits per heavy atom. The maximum Gasteiger partial charge on any atom is 0.408 e. The topological polar surface area (TPSA) is 87.7 Å². The van der Waals surface area contributed by atoms with E-state index in [4.69, 9.17) is 4.74 Å². The van der Waals surface area contributed by atoms with E-state index in [9.17, 15) is 14.4 Å². The van der Waals surface area contributed by atoms with Crippen LogP contribution in [-0.2, 0) is 20.7 Å². The summed E-state index contributed by atoms with van der Waals surface area (Å²) >= 11 is 0. The van der Waals surface area contributed by atoms with Gasteiger partial charge in [-0.05, 0) is 89.0 Å². The van der Waals surface area contributed by atoms with Crippen LogP contribution in [0.5, 0.6) is 0 Å². The average Bonchev–Trinajstić information content (AvgIpc) is 2.91. The number of carbonyl (C=O) groups excluding carboxylic acids is 3. The third-order valence-electron chi connectivity index (χ3n) is 7.46. The lowest BCUT2D eigenvalue weighted by molar-refractivity contribution is -0.145. The first-order valence-electron chi connectivity index (χ1n) is 15.4. The molecule has 3 unspecified atom stereocenters. The number of amides is 3. The van der Waals surface area contributed by atoms with E-state index in [0.29, 0.717) is 12.5 Å². The highest BCUT2D eigenvalue weighted by atomic mass is 16.6. The van der Waals surface area contributed by atoms with Crippen molar-refractivity contribution < 1.29 is 19.1 Å². The zero-order chi connectivity index (χ0) is 31.4. The minimum Gasteiger partial charge on any atom is -0.444 e. The molecule has 0 aliphatic heterocycles. The maximum absolute atomic E-state index is 14.8. The molecule has 42 heavy (non-hydrogen) atoms. The lowest BCUT2D eigenvalue weighted by atomic mass is 9.92. The third kappa shape index (κ3) is 10.8. The molecule has 0 saturated heterocycles. The largest absolute Gasteiger partial charge is 0.444 e. The van der Waals surface area contributed by atoms with Crippen LogP contribution >= 0.6 is 0 Å². The SMILES string of the molecule is CCCCNC(=O)C(c1cccc(C)c1C)N(C(=O)C(Cc1ccccc1)NC(=O)OC(C)(C)C)C(C)CCC(C)C. The van der Waals surface area contributed by atoms with Gasteiger partial charge >= 0.3 is 6.09 Å². The van der Waals surface area contributed by atoms with Crippen molar-refractivity contribution in [1.29, 1.82) is 0 Å². The smallest absolute Gasteiger partial charge is 0.408 e. The first-order chi connectivity index (χ1) is 19.7. The van der Waals surface area contributed by atoms with Gasteiger partial charge in [-0.2, -0.15) is 0 Å². The lowest BCUT2D eigenvalue weighted by Crippen LogP contribution is -2.56. The van der Waals surface area contributed by atoms with Crippen molar-refractivity contribution in [3.8, 4) is 0 Å². The van der Waals surface area contributed by atoms with Gasteiger partial charge in [0.1, 0.15) is 17.7 Å². The minimum atomic E-state index is -0.931. The van der Waals surface area contributed by atoms with Crippen LogP contribution in [0.2, 0.25) is 0 Å². The van der Waals surface area contributed by atoms with E-state index in [0.717, 1.165) is 47.9 Å². The maximum atomic E-state index is 14.8. The number of carbonyl (C=O) groups is 3. The van der Waals surface area contributed by atoms with E-state index >= 15 is 0 Å². The molecule has 3 amide bonds. The van der Waals surface area contributed by atoms with Crippen molar-refractivity contribution in [3.05, 3.63) is 70.8 Å². The molecule has 0 bridgehead atoms. The van der Waals surface area contributed by atoms with E-state index in [1.54, 1.807) is 25.7 Å². The predicted octanol–water partition coefficient (Wildman–Crippen LogP) is 7.05. The summed E-state index contributed by atoms with van der Waals surface area (Å²) in [7, 11) is 0. The van der Waals surface area contributed by atoms with Gasteiger partial charge in [0.25, 0.3) is 0 Å². The van der Waals surface area contributed by atoms with Crippen LogP contribution in [0.3, 0.4) is 0 Å². The van der Waals surface area contributed by atoms with Crippen LogP contribution in [0.25, 0.3) is 0 Å². The Morgan fingerprint density at radius 2 is 1.60 bits per heavy atom. The van der Waals surface area contributed by atoms with Crippen LogP contribution < -0.4 is 10.6 Å². The molecule has 0 fully saturated rings. The van der Waals surface area contributed by atoms with E-state index in [1.807, 2.05) is 69.3 Å². The number of alkyl carbamates (subject to hydrolysis) is 1. The fourth-order valence-electron chi connectivity index (χ4n) is 4.96. The Bertz CT molecular complexity index is 1160. The fourth-order valence-corrected chi connectivity index (χ4v) is 4.96. The number of benzene rings is 2. The number of nitrogens with one attached hydrogen (secondary N) is 2. The fraction of sp³-hybridized carbons (Fsp3) is 0.571. The van der Waals surface area contributed by atoms with E-state index in [1.165, 1.54) is 0 Å². The molecule has 3 atom stereocenters. The van der Waals surface area contributed by atoms with Gasteiger partial charge in [0.05, 0.1) is 0 Å². The van der Waals surface area contributed by atoms with Crippen molar-refractivity contribution >= 4 is 17.9 Å². The molecule has 2 aromatic rings. The number of unbranched alkanes of at least 4 members (excludes halogenated alkanes) is 1. The van der Waals surface area contributed by atoms with Crippen molar-refractivity contribution in [1.82, 2.24) is 15.5 Å². The summed E-state index contributed by atoms with van der Waals surface area (Å²) in [6.45, 7) is 18.3. The molecule has 2 aromatic carbocycles. The van der Waals surface area contributed by atoms with Crippen LogP contribution in [-0.4, -0.2) is 47.0 Å². The van der Waals surface area contributed by atoms with Gasteiger partial charge in [0, 0.05) is 19.0 Å². The van der Waals surface area contributed by atoms with Crippen LogP contribution in [0, 0.1) is 19.8 Å². The van der Waals surface area contributed by atoms with Gasteiger partial charge < -0.3 is 20.3 Å². The quantitative estimate of drug-likeness (QED) is 0.235. The van der Waals surface area contributed by atoms with Gasteiger partial charge in [-0.1, -0.05) is 75.7 Å². The number of hydrogen-bond donors (Lipinski definition) is 2. The van der Waals surface area contributed by atoms with Crippen molar-refractivity contribution in [3.63, 3.8) is 0 Å². The summed E-state index contributed by atoms with van der Waals surface area (Å²) in [6.07, 6.45) is 3.01. The third-order valence-corrected chi connectivity index (χ3v) is 7.46. The monoisotopic (exact) mass is 579 g/mol. The Morgan fingerprint density at radius 3 is 2.19 bits per heavy atom. The zero-order valence-electron chi connectivity index (χ0n) is 27.3. The van der Waals surface area contributed by atoms with Gasteiger partial charge in [-0.15, -0.1) is 0 Å². The number of aryl methyl sites for hydroxylation is 1. The first kappa shape index (κ1) is 34.8. The molecule has 7 nitrogen and oxygen atoms in total. The molecule has 0 heterocycles. The van der Waals surface area contributed by atoms with Crippen LogP contribution in [0.4, 0.5) is 4.79 Å². The summed E-state index contributed by atoms with van der Waals surface area (Å²) < 4.78 is 5.57. The van der Waals surface area contributed by atoms with Crippen LogP contribution in [0.1, 0.15) is 102 Å². The summed E-state index contributed by atoms with van der Waals surface area (Å²) in [5, 5.41) is 5.96. The highest BCUT2D eigenvalue weighted by Gasteiger charge is 2.39. The van der Waals surface area contributed by atoms with Crippen molar-refractivity contribution in [2.24, 2.45) is 5.92 Å². The number of nitrogens with zero attached hydrogens (tertiary/aromatic N) is 1. The minimum absolute atomic E-state index is 0.211. The molecule has 0 saturated carbocycles. The van der Waals surface area contributed by atoms with Crippen molar-refractivity contribution in [2.45, 2.75) is 118 Å². The zero-order valence-corrected chi connectivity index (χ0v) is 27.3. The van der Waals surface area contributed by atoms with E-state index in [-0.39, 0.29) is 24.3 Å². The van der Waals surface area contributed by atoms with Crippen molar-refractivity contribution in [2.75, 3.05) is 6.54 Å². The summed E-state index contributed by atoms with van der Waals surface area (Å²) in [5.74, 6) is -0.0860. The first-order valence-corrected chi connectivity index (χ1v) is 15.4. The Hall–Kier alpha value is -3.35. The second-order valence-corrected chi connectivity index (χ2v) is 12.8. The molecule has 2 N–H and O–H groups in total. The number of hydrogen-bond acceptors (Lipinski definition) is 4.